The van der Waals surface area contributed by atoms with Gasteiger partial charge in [-0.1, -0.05) is 18.2 Å². The maximum Gasteiger partial charge on any atom is 0.284 e. The van der Waals surface area contributed by atoms with E-state index in [0.29, 0.717) is 5.84 Å². The van der Waals surface area contributed by atoms with E-state index in [-0.39, 0.29) is 11.4 Å². The second-order valence-corrected chi connectivity index (χ2v) is 5.06. The van der Waals surface area contributed by atoms with Crippen molar-refractivity contribution in [2.45, 2.75) is 4.90 Å². The van der Waals surface area contributed by atoms with Gasteiger partial charge in [0.05, 0.1) is 11.4 Å². The van der Waals surface area contributed by atoms with Crippen LogP contribution in [0.3, 0.4) is 0 Å². The highest BCUT2D eigenvalue weighted by molar-refractivity contribution is 7.90. The lowest BCUT2D eigenvalue weighted by atomic mass is 10.4. The molecule has 1 aliphatic rings. The molecule has 3 N–H and O–H groups in total. The fourth-order valence-corrected chi connectivity index (χ4v) is 2.35. The van der Waals surface area contributed by atoms with E-state index in [2.05, 4.69) is 9.71 Å². The van der Waals surface area contributed by atoms with E-state index in [1.165, 1.54) is 23.3 Å². The Hall–Kier alpha value is -1.86. The van der Waals surface area contributed by atoms with Gasteiger partial charge in [-0.3, -0.25) is 0 Å². The number of hydrazine groups is 1. The van der Waals surface area contributed by atoms with Crippen molar-refractivity contribution in [2.75, 3.05) is 6.54 Å². The summed E-state index contributed by atoms with van der Waals surface area (Å²) in [4.78, 5) is 0.160. The Labute approximate surface area is 99.5 Å². The van der Waals surface area contributed by atoms with Crippen molar-refractivity contribution >= 4 is 15.9 Å². The first kappa shape index (κ1) is 11.6. The molecule has 0 fully saturated rings. The Morgan fingerprint density at radius 1 is 1.29 bits per heavy atom. The fourth-order valence-electron chi connectivity index (χ4n) is 1.35. The highest BCUT2D eigenvalue weighted by atomic mass is 32.2. The summed E-state index contributed by atoms with van der Waals surface area (Å²) >= 11 is 0. The predicted molar refractivity (Wildman–Crippen MR) is 64.2 cm³/mol. The van der Waals surface area contributed by atoms with E-state index in [1.807, 2.05) is 0 Å². The van der Waals surface area contributed by atoms with Gasteiger partial charge in [0.1, 0.15) is 5.84 Å². The molecule has 1 heterocycles. The van der Waals surface area contributed by atoms with Crippen molar-refractivity contribution in [2.24, 2.45) is 10.2 Å². The van der Waals surface area contributed by atoms with E-state index < -0.39 is 10.0 Å². The molecule has 0 unspecified atom stereocenters. The van der Waals surface area contributed by atoms with Gasteiger partial charge in [-0.25, -0.2) is 5.84 Å². The van der Waals surface area contributed by atoms with Crippen molar-refractivity contribution < 1.29 is 8.42 Å². The summed E-state index contributed by atoms with van der Waals surface area (Å²) in [5.41, 5.74) is 0. The van der Waals surface area contributed by atoms with Crippen LogP contribution in [0, 0.1) is 0 Å². The number of hydrogen-bond acceptors (Lipinski definition) is 4. The lowest BCUT2D eigenvalue weighted by Crippen LogP contribution is -2.40. The molecule has 90 valence electrons. The van der Waals surface area contributed by atoms with Gasteiger partial charge >= 0.3 is 0 Å². The lowest BCUT2D eigenvalue weighted by molar-refractivity contribution is 0.437. The van der Waals surface area contributed by atoms with Crippen LogP contribution in [-0.2, 0) is 10.0 Å². The summed E-state index contributed by atoms with van der Waals surface area (Å²) < 4.78 is 27.5. The van der Waals surface area contributed by atoms with Gasteiger partial charge in [0.25, 0.3) is 10.0 Å². The largest absolute Gasteiger partial charge is 0.346 e. The molecule has 6 nitrogen and oxygen atoms in total. The maximum absolute atomic E-state index is 11.9. The molecule has 0 aliphatic carbocycles. The Balaban J connectivity index is 2.29. The standard InChI is InChI=1S/C10H12N4O2S/c11-14-7-6-12-10(8-14)13-17(15,16)9-4-2-1-3-5-9/h1-7H,8,11H2,(H,12,13). The number of nitrogens with one attached hydrogen (secondary N) is 1. The van der Waals surface area contributed by atoms with Crippen LogP contribution in [0.1, 0.15) is 0 Å². The number of nitrogens with zero attached hydrogens (tertiary/aromatic N) is 2. The Bertz CT molecular complexity index is 551. The van der Waals surface area contributed by atoms with Gasteiger partial charge in [0, 0.05) is 12.4 Å². The molecule has 0 spiro atoms. The van der Waals surface area contributed by atoms with Gasteiger partial charge in [0.2, 0.25) is 0 Å². The maximum atomic E-state index is 11.9. The van der Waals surface area contributed by atoms with E-state index in [9.17, 15) is 8.42 Å². The van der Waals surface area contributed by atoms with E-state index in [4.69, 9.17) is 5.84 Å². The molecular formula is C10H12N4O2S. The lowest BCUT2D eigenvalue weighted by Gasteiger charge is -2.19. The van der Waals surface area contributed by atoms with Crippen LogP contribution in [0.5, 0.6) is 0 Å². The van der Waals surface area contributed by atoms with Crippen LogP contribution < -0.4 is 11.2 Å². The van der Waals surface area contributed by atoms with E-state index in [0.717, 1.165) is 0 Å². The third kappa shape index (κ3) is 2.83. The molecule has 1 aliphatic heterocycles. The first-order valence-corrected chi connectivity index (χ1v) is 6.35. The molecule has 0 aromatic heterocycles. The number of amidine groups is 1. The minimum atomic E-state index is -3.67. The smallest absolute Gasteiger partial charge is 0.284 e. The van der Waals surface area contributed by atoms with Crippen LogP contribution in [0.25, 0.3) is 0 Å². The Morgan fingerprint density at radius 2 is 2.00 bits per heavy atom. The summed E-state index contributed by atoms with van der Waals surface area (Å²) in [5.74, 6) is 5.80. The SMILES string of the molecule is NN1C=CNC(=NS(=O)(=O)c2ccccc2)C1. The van der Waals surface area contributed by atoms with Gasteiger partial charge in [-0.2, -0.15) is 8.42 Å². The van der Waals surface area contributed by atoms with Crippen LogP contribution in [-0.4, -0.2) is 25.8 Å². The topological polar surface area (TPSA) is 87.8 Å². The zero-order valence-electron chi connectivity index (χ0n) is 8.95. The minimum absolute atomic E-state index is 0.160. The van der Waals surface area contributed by atoms with E-state index >= 15 is 0 Å². The molecular weight excluding hydrogens is 240 g/mol. The normalized spacial score (nSPS) is 18.2. The summed E-state index contributed by atoms with van der Waals surface area (Å²) in [5, 5.41) is 4.09. The summed E-state index contributed by atoms with van der Waals surface area (Å²) in [6.07, 6.45) is 3.12. The first-order chi connectivity index (χ1) is 8.08. The van der Waals surface area contributed by atoms with Crippen molar-refractivity contribution in [1.82, 2.24) is 10.3 Å². The fraction of sp³-hybridized carbons (Fsp3) is 0.100. The number of hydrogen-bond donors (Lipinski definition) is 2. The zero-order chi connectivity index (χ0) is 12.3. The highest BCUT2D eigenvalue weighted by Gasteiger charge is 2.15. The van der Waals surface area contributed by atoms with Crippen LogP contribution in [0.2, 0.25) is 0 Å². The third-order valence-electron chi connectivity index (χ3n) is 2.12. The van der Waals surface area contributed by atoms with Gasteiger partial charge in [-0.05, 0) is 12.1 Å². The molecule has 17 heavy (non-hydrogen) atoms. The highest BCUT2D eigenvalue weighted by Crippen LogP contribution is 2.11. The van der Waals surface area contributed by atoms with Gasteiger partial charge in [0.15, 0.2) is 0 Å². The molecule has 0 saturated heterocycles. The molecule has 1 aromatic rings. The summed E-state index contributed by atoms with van der Waals surface area (Å²) in [6.45, 7) is 0.225. The molecule has 0 atom stereocenters. The first-order valence-electron chi connectivity index (χ1n) is 4.91. The molecule has 0 bridgehead atoms. The van der Waals surface area contributed by atoms with Crippen LogP contribution in [0.15, 0.2) is 52.0 Å². The van der Waals surface area contributed by atoms with Crippen molar-refractivity contribution in [3.05, 3.63) is 42.7 Å². The van der Waals surface area contributed by atoms with Crippen LogP contribution >= 0.6 is 0 Å². The van der Waals surface area contributed by atoms with Gasteiger partial charge in [-0.15, -0.1) is 4.40 Å². The Morgan fingerprint density at radius 3 is 2.65 bits per heavy atom. The number of nitrogens with two attached hydrogens (primary N) is 1. The average molecular weight is 252 g/mol. The van der Waals surface area contributed by atoms with Crippen molar-refractivity contribution in [3.63, 3.8) is 0 Å². The van der Waals surface area contributed by atoms with Crippen molar-refractivity contribution in [1.29, 1.82) is 0 Å². The third-order valence-corrected chi connectivity index (χ3v) is 3.45. The van der Waals surface area contributed by atoms with Gasteiger partial charge < -0.3 is 10.3 Å². The molecule has 2 rings (SSSR count). The van der Waals surface area contributed by atoms with Crippen LogP contribution in [0.4, 0.5) is 0 Å². The molecule has 1 aromatic carbocycles. The molecule has 7 heteroatoms. The number of sulfonamides is 1. The monoisotopic (exact) mass is 252 g/mol. The number of benzene rings is 1. The Kier molecular flexibility index (Phi) is 3.12. The second-order valence-electron chi connectivity index (χ2n) is 3.46. The molecule has 0 amide bonds. The van der Waals surface area contributed by atoms with Crippen molar-refractivity contribution in [3.8, 4) is 0 Å². The number of rotatable bonds is 2. The molecule has 0 saturated carbocycles. The van der Waals surface area contributed by atoms with E-state index in [1.54, 1.807) is 24.4 Å². The summed E-state index contributed by atoms with van der Waals surface area (Å²) in [7, 11) is -3.67. The predicted octanol–water partition coefficient (Wildman–Crippen LogP) is 0.0239. The average Bonchev–Trinajstić information content (AvgIpc) is 2.29. The quantitative estimate of drug-likeness (QED) is 0.725. The molecule has 0 radical (unpaired) electrons. The second kappa shape index (κ2) is 4.56. The zero-order valence-corrected chi connectivity index (χ0v) is 9.76. The minimum Gasteiger partial charge on any atom is -0.346 e. The summed E-state index contributed by atoms with van der Waals surface area (Å²) in [6, 6.07) is 8.04.